The average molecular weight is 269 g/mol. The van der Waals surface area contributed by atoms with Crippen molar-refractivity contribution < 1.29 is 9.90 Å². The number of aliphatic hydroxyl groups is 1. The molecule has 0 bridgehead atoms. The Hall–Kier alpha value is -1.26. The van der Waals surface area contributed by atoms with Gasteiger partial charge in [-0.1, -0.05) is 18.5 Å². The molecule has 1 atom stereocenters. The van der Waals surface area contributed by atoms with E-state index in [1.807, 2.05) is 6.92 Å². The van der Waals surface area contributed by atoms with Gasteiger partial charge in [0.25, 0.3) is 0 Å². The summed E-state index contributed by atoms with van der Waals surface area (Å²) in [6.45, 7) is 3.18. The molecule has 4 nitrogen and oxygen atoms in total. The highest BCUT2D eigenvalue weighted by atomic mass is 35.5. The van der Waals surface area contributed by atoms with Crippen molar-refractivity contribution in [3.63, 3.8) is 0 Å². The predicted octanol–water partition coefficient (Wildman–Crippen LogP) is 2.70. The monoisotopic (exact) mass is 268 g/mol. The lowest BCUT2D eigenvalue weighted by Crippen LogP contribution is -2.43. The van der Waals surface area contributed by atoms with Crippen LogP contribution in [0.4, 0.5) is 10.5 Å². The Labute approximate surface area is 112 Å². The first-order chi connectivity index (χ1) is 8.63. The summed E-state index contributed by atoms with van der Waals surface area (Å²) in [6, 6.07) is 5.12. The number of fused-ring (bicyclic) bond motifs is 1. The zero-order chi connectivity index (χ0) is 13.1. The Bertz CT molecular complexity index is 451. The minimum atomic E-state index is -0.547. The number of anilines is 1. The lowest BCUT2D eigenvalue weighted by molar-refractivity contribution is 0.164. The maximum atomic E-state index is 12.0. The van der Waals surface area contributed by atoms with E-state index >= 15 is 0 Å². The van der Waals surface area contributed by atoms with Crippen molar-refractivity contribution in [2.45, 2.75) is 25.9 Å². The topological polar surface area (TPSA) is 52.6 Å². The molecule has 1 aromatic carbocycles. The van der Waals surface area contributed by atoms with Crippen LogP contribution in [0.3, 0.4) is 0 Å². The molecule has 0 spiro atoms. The number of carbonyl (C=O) groups is 1. The molecular weight excluding hydrogens is 252 g/mol. The number of aliphatic hydroxyl groups excluding tert-OH is 1. The molecule has 0 radical (unpaired) electrons. The van der Waals surface area contributed by atoms with Crippen LogP contribution in [-0.4, -0.2) is 24.2 Å². The lowest BCUT2D eigenvalue weighted by atomic mass is 9.99. The van der Waals surface area contributed by atoms with Crippen molar-refractivity contribution in [2.24, 2.45) is 0 Å². The van der Waals surface area contributed by atoms with Crippen LogP contribution < -0.4 is 10.2 Å². The highest BCUT2D eigenvalue weighted by Gasteiger charge is 2.27. The van der Waals surface area contributed by atoms with Crippen molar-refractivity contribution in [1.29, 1.82) is 0 Å². The Kier molecular flexibility index (Phi) is 4.09. The first-order valence-electron chi connectivity index (χ1n) is 6.16. The van der Waals surface area contributed by atoms with Crippen LogP contribution in [0.5, 0.6) is 0 Å². The van der Waals surface area contributed by atoms with Gasteiger partial charge in [0, 0.05) is 23.7 Å². The number of hydrogen-bond donors (Lipinski definition) is 2. The van der Waals surface area contributed by atoms with E-state index in [4.69, 9.17) is 11.6 Å². The molecule has 1 aromatic rings. The smallest absolute Gasteiger partial charge is 0.321 e. The molecule has 1 aliphatic heterocycles. The number of amides is 2. The Morgan fingerprint density at radius 2 is 2.39 bits per heavy atom. The van der Waals surface area contributed by atoms with Crippen LogP contribution in [0.25, 0.3) is 0 Å². The molecule has 0 fully saturated rings. The van der Waals surface area contributed by atoms with Gasteiger partial charge in [0.05, 0.1) is 11.8 Å². The molecule has 2 N–H and O–H groups in total. The Balaban J connectivity index is 2.26. The van der Waals surface area contributed by atoms with Gasteiger partial charge in [0.2, 0.25) is 0 Å². The Morgan fingerprint density at radius 1 is 1.61 bits per heavy atom. The molecule has 0 aliphatic carbocycles. The third kappa shape index (κ3) is 2.60. The van der Waals surface area contributed by atoms with Gasteiger partial charge in [-0.2, -0.15) is 0 Å². The molecule has 0 saturated heterocycles. The zero-order valence-corrected chi connectivity index (χ0v) is 11.1. The maximum absolute atomic E-state index is 12.0. The van der Waals surface area contributed by atoms with Crippen LogP contribution in [0, 0.1) is 0 Å². The summed E-state index contributed by atoms with van der Waals surface area (Å²) >= 11 is 5.92. The Morgan fingerprint density at radius 3 is 3.11 bits per heavy atom. The summed E-state index contributed by atoms with van der Waals surface area (Å²) in [6.07, 6.45) is 0.886. The number of carbonyl (C=O) groups excluding carboxylic acids is 1. The fourth-order valence-corrected chi connectivity index (χ4v) is 2.28. The van der Waals surface area contributed by atoms with E-state index in [-0.39, 0.29) is 6.03 Å². The SMILES string of the molecule is CCCNC(=O)N1CCC(O)c2cc(Cl)ccc21. The van der Waals surface area contributed by atoms with Gasteiger partial charge >= 0.3 is 6.03 Å². The lowest BCUT2D eigenvalue weighted by Gasteiger charge is -2.32. The minimum absolute atomic E-state index is 0.118. The summed E-state index contributed by atoms with van der Waals surface area (Å²) in [4.78, 5) is 13.7. The van der Waals surface area contributed by atoms with Crippen molar-refractivity contribution in [3.05, 3.63) is 28.8 Å². The van der Waals surface area contributed by atoms with Gasteiger partial charge in [-0.15, -0.1) is 0 Å². The van der Waals surface area contributed by atoms with E-state index in [0.29, 0.717) is 24.5 Å². The van der Waals surface area contributed by atoms with Gasteiger partial charge in [-0.3, -0.25) is 4.90 Å². The first-order valence-corrected chi connectivity index (χ1v) is 6.54. The van der Waals surface area contributed by atoms with E-state index in [0.717, 1.165) is 17.7 Å². The van der Waals surface area contributed by atoms with Crippen molar-refractivity contribution in [3.8, 4) is 0 Å². The quantitative estimate of drug-likeness (QED) is 0.866. The van der Waals surface area contributed by atoms with E-state index in [1.54, 1.807) is 23.1 Å². The minimum Gasteiger partial charge on any atom is -0.388 e. The van der Waals surface area contributed by atoms with E-state index in [9.17, 15) is 9.90 Å². The molecule has 2 rings (SSSR count). The fraction of sp³-hybridized carbons (Fsp3) is 0.462. The van der Waals surface area contributed by atoms with Crippen LogP contribution in [0.15, 0.2) is 18.2 Å². The number of rotatable bonds is 2. The number of nitrogens with one attached hydrogen (secondary N) is 1. The van der Waals surface area contributed by atoms with Crippen LogP contribution in [-0.2, 0) is 0 Å². The van der Waals surface area contributed by atoms with Crippen molar-refractivity contribution in [1.82, 2.24) is 5.32 Å². The van der Waals surface area contributed by atoms with E-state index < -0.39 is 6.10 Å². The van der Waals surface area contributed by atoms with Gasteiger partial charge in [0.15, 0.2) is 0 Å². The molecule has 18 heavy (non-hydrogen) atoms. The molecule has 1 unspecified atom stereocenters. The average Bonchev–Trinajstić information content (AvgIpc) is 2.37. The summed E-state index contributed by atoms with van der Waals surface area (Å²) in [5, 5.41) is 13.4. The number of nitrogens with zero attached hydrogens (tertiary/aromatic N) is 1. The highest BCUT2D eigenvalue weighted by molar-refractivity contribution is 6.30. The largest absolute Gasteiger partial charge is 0.388 e. The molecule has 1 aliphatic rings. The van der Waals surface area contributed by atoms with Gasteiger partial charge in [-0.05, 0) is 31.0 Å². The molecular formula is C13H17ClN2O2. The third-order valence-electron chi connectivity index (χ3n) is 3.04. The third-order valence-corrected chi connectivity index (χ3v) is 3.27. The second-order valence-electron chi connectivity index (χ2n) is 4.39. The molecule has 0 saturated carbocycles. The summed E-state index contributed by atoms with van der Waals surface area (Å²) < 4.78 is 0. The highest BCUT2D eigenvalue weighted by Crippen LogP contribution is 2.35. The summed E-state index contributed by atoms with van der Waals surface area (Å²) in [7, 11) is 0. The number of benzene rings is 1. The van der Waals surface area contributed by atoms with Gasteiger partial charge in [0.1, 0.15) is 0 Å². The van der Waals surface area contributed by atoms with E-state index in [2.05, 4.69) is 5.32 Å². The van der Waals surface area contributed by atoms with Crippen molar-refractivity contribution >= 4 is 23.3 Å². The van der Waals surface area contributed by atoms with E-state index in [1.165, 1.54) is 0 Å². The zero-order valence-electron chi connectivity index (χ0n) is 10.3. The van der Waals surface area contributed by atoms with Crippen molar-refractivity contribution in [2.75, 3.05) is 18.0 Å². The predicted molar refractivity (Wildman–Crippen MR) is 72.1 cm³/mol. The van der Waals surface area contributed by atoms with Gasteiger partial charge < -0.3 is 10.4 Å². The number of halogens is 1. The maximum Gasteiger partial charge on any atom is 0.321 e. The summed E-state index contributed by atoms with van der Waals surface area (Å²) in [5.74, 6) is 0. The van der Waals surface area contributed by atoms with Crippen LogP contribution in [0.1, 0.15) is 31.4 Å². The normalized spacial score (nSPS) is 18.4. The van der Waals surface area contributed by atoms with Gasteiger partial charge in [-0.25, -0.2) is 4.79 Å². The molecule has 5 heteroatoms. The second kappa shape index (κ2) is 5.59. The summed E-state index contributed by atoms with van der Waals surface area (Å²) in [5.41, 5.74) is 1.46. The molecule has 98 valence electrons. The van der Waals surface area contributed by atoms with Crippen LogP contribution in [0.2, 0.25) is 5.02 Å². The van der Waals surface area contributed by atoms with Crippen LogP contribution >= 0.6 is 11.6 Å². The number of urea groups is 1. The molecule has 2 amide bonds. The number of hydrogen-bond acceptors (Lipinski definition) is 2. The first kappa shape index (κ1) is 13.2. The molecule has 1 heterocycles. The second-order valence-corrected chi connectivity index (χ2v) is 4.83. The standard InChI is InChI=1S/C13H17ClN2O2/c1-2-6-15-13(18)16-7-5-12(17)10-8-9(14)3-4-11(10)16/h3-4,8,12,17H,2,5-7H2,1H3,(H,15,18). The fourth-order valence-electron chi connectivity index (χ4n) is 2.10. The molecule has 0 aromatic heterocycles.